The molecule has 5 rings (SSSR count). The van der Waals surface area contributed by atoms with Crippen LogP contribution in [0.25, 0.3) is 0 Å². The van der Waals surface area contributed by atoms with Crippen LogP contribution in [0.15, 0.2) is 48.5 Å². The second-order valence-corrected chi connectivity index (χ2v) is 13.0. The molecule has 3 atom stereocenters. The van der Waals surface area contributed by atoms with E-state index in [9.17, 15) is 20.0 Å². The van der Waals surface area contributed by atoms with Gasteiger partial charge < -0.3 is 48.2 Å². The molecule has 2 fully saturated rings. The van der Waals surface area contributed by atoms with Crippen LogP contribution < -0.4 is 14.4 Å². The number of unbranched alkanes of at least 4 members (excludes halogenated alkanes) is 2. The summed E-state index contributed by atoms with van der Waals surface area (Å²) in [6, 6.07) is 15.8. The van der Waals surface area contributed by atoms with E-state index in [1.807, 2.05) is 42.5 Å². The third-order valence-corrected chi connectivity index (χ3v) is 9.26. The topological polar surface area (TPSA) is 152 Å². The molecule has 2 heterocycles. The average Bonchev–Trinajstić information content (AvgIpc) is 3.12. The highest BCUT2D eigenvalue weighted by molar-refractivity contribution is 5.68. The number of carbonyl (C=O) groups is 1. The highest BCUT2D eigenvalue weighted by Gasteiger charge is 2.42. The summed E-state index contributed by atoms with van der Waals surface area (Å²) < 4.78 is 35.9. The molecule has 0 bridgehead atoms. The highest BCUT2D eigenvalue weighted by atomic mass is 16.9. The lowest BCUT2D eigenvalue weighted by Crippen LogP contribution is -2.59. The molecule has 1 saturated heterocycles. The lowest BCUT2D eigenvalue weighted by Gasteiger charge is -2.43. The second kappa shape index (κ2) is 19.5. The smallest absolute Gasteiger partial charge is 0.409 e. The van der Waals surface area contributed by atoms with Crippen molar-refractivity contribution in [1.82, 2.24) is 4.90 Å². The number of nitrogens with zero attached hydrogens (tertiary/aromatic N) is 3. The number of aliphatic hydroxyl groups excluding tert-OH is 1. The first-order valence-electron chi connectivity index (χ1n) is 17.7. The molecule has 2 aromatic rings. The predicted molar refractivity (Wildman–Crippen MR) is 183 cm³/mol. The molecule has 1 saturated carbocycles. The Morgan fingerprint density at radius 3 is 2.54 bits per heavy atom. The number of rotatable bonds is 18. The van der Waals surface area contributed by atoms with E-state index in [-0.39, 0.29) is 45.1 Å². The Bertz CT molecular complexity index is 1330. The molecule has 2 aromatic carbocycles. The number of hydrogen-bond donors (Lipinski definition) is 1. The Morgan fingerprint density at radius 2 is 1.76 bits per heavy atom. The van der Waals surface area contributed by atoms with Crippen LogP contribution in [-0.4, -0.2) is 111 Å². The lowest BCUT2D eigenvalue weighted by atomic mass is 9.93. The van der Waals surface area contributed by atoms with Gasteiger partial charge >= 0.3 is 6.09 Å². The van der Waals surface area contributed by atoms with E-state index in [4.69, 9.17) is 28.4 Å². The van der Waals surface area contributed by atoms with Crippen molar-refractivity contribution < 1.29 is 48.2 Å². The summed E-state index contributed by atoms with van der Waals surface area (Å²) in [6.07, 6.45) is 3.04. The largest absolute Gasteiger partial charge is 0.490 e. The van der Waals surface area contributed by atoms with Crippen molar-refractivity contribution in [2.75, 3.05) is 64.6 Å². The van der Waals surface area contributed by atoms with E-state index in [1.165, 1.54) is 4.90 Å². The fraction of sp³-hybridized carbons (Fsp3) is 0.639. The summed E-state index contributed by atoms with van der Waals surface area (Å²) in [7, 11) is 1.70. The number of anilines is 1. The molecule has 3 aliphatic rings. The van der Waals surface area contributed by atoms with Gasteiger partial charge in [-0.25, -0.2) is 4.79 Å². The quantitative estimate of drug-likeness (QED) is 0.129. The molecule has 50 heavy (non-hydrogen) atoms. The molecule has 1 aliphatic carbocycles. The van der Waals surface area contributed by atoms with Crippen molar-refractivity contribution >= 4 is 11.8 Å². The molecule has 0 aromatic heterocycles. The zero-order valence-electron chi connectivity index (χ0n) is 28.9. The van der Waals surface area contributed by atoms with Crippen LogP contribution in [0, 0.1) is 10.1 Å². The number of amides is 1. The van der Waals surface area contributed by atoms with E-state index < -0.39 is 29.5 Å². The fourth-order valence-electron chi connectivity index (χ4n) is 6.66. The Kier molecular flexibility index (Phi) is 14.6. The van der Waals surface area contributed by atoms with Gasteiger partial charge in [0.1, 0.15) is 36.4 Å². The molecule has 0 spiro atoms. The first-order valence-corrected chi connectivity index (χ1v) is 17.7. The van der Waals surface area contributed by atoms with E-state index in [0.717, 1.165) is 67.9 Å². The zero-order chi connectivity index (χ0) is 35.1. The molecule has 14 heteroatoms. The van der Waals surface area contributed by atoms with Crippen molar-refractivity contribution in [3.05, 3.63) is 64.2 Å². The Balaban J connectivity index is 1.19. The third-order valence-electron chi connectivity index (χ3n) is 9.26. The average molecular weight is 702 g/mol. The van der Waals surface area contributed by atoms with E-state index in [0.29, 0.717) is 32.5 Å². The normalized spacial score (nSPS) is 23.4. The number of benzene rings is 2. The molecular weight excluding hydrogens is 650 g/mol. The van der Waals surface area contributed by atoms with Gasteiger partial charge in [0.25, 0.3) is 5.09 Å². The number of para-hydroxylation sites is 1. The maximum Gasteiger partial charge on any atom is 0.409 e. The van der Waals surface area contributed by atoms with Crippen molar-refractivity contribution in [2.24, 2.45) is 0 Å². The number of hydrogen-bond acceptors (Lipinski definition) is 12. The Labute approximate surface area is 293 Å². The Hall–Kier alpha value is -3.85. The molecule has 3 unspecified atom stereocenters. The van der Waals surface area contributed by atoms with Crippen molar-refractivity contribution in [3.63, 3.8) is 0 Å². The molecule has 1 N–H and O–H groups in total. The van der Waals surface area contributed by atoms with Crippen molar-refractivity contribution in [2.45, 2.75) is 88.5 Å². The molecular formula is C36H51N3O11. The zero-order valence-corrected chi connectivity index (χ0v) is 28.9. The molecule has 1 amide bonds. The molecule has 276 valence electrons. The minimum absolute atomic E-state index is 0.00443. The SMILES string of the molecule is COCCCN1CCOc2ccc(COC3CN(C(=O)OCCCCCO[N+](=O)[O-])CC(O)C3OC3CCC(Oc4ccccc4)CC3)cc21. The van der Waals surface area contributed by atoms with Crippen LogP contribution in [0.1, 0.15) is 56.9 Å². The van der Waals surface area contributed by atoms with Gasteiger partial charge in [0.05, 0.1) is 57.4 Å². The number of methoxy groups -OCH3 is 1. The molecule has 0 radical (unpaired) electrons. The molecule has 2 aliphatic heterocycles. The van der Waals surface area contributed by atoms with Gasteiger partial charge in [-0.15, -0.1) is 10.1 Å². The summed E-state index contributed by atoms with van der Waals surface area (Å²) >= 11 is 0. The van der Waals surface area contributed by atoms with Crippen LogP contribution in [0.5, 0.6) is 11.5 Å². The minimum atomic E-state index is -0.980. The summed E-state index contributed by atoms with van der Waals surface area (Å²) in [5.41, 5.74) is 1.95. The van der Waals surface area contributed by atoms with E-state index in [1.54, 1.807) is 7.11 Å². The first kappa shape index (κ1) is 37.4. The third kappa shape index (κ3) is 11.3. The maximum atomic E-state index is 13.1. The number of piperidine rings is 1. The van der Waals surface area contributed by atoms with Gasteiger partial charge in [-0.1, -0.05) is 24.3 Å². The number of fused-ring (bicyclic) bond motifs is 1. The summed E-state index contributed by atoms with van der Waals surface area (Å²) in [4.78, 5) is 31.5. The minimum Gasteiger partial charge on any atom is -0.490 e. The van der Waals surface area contributed by atoms with Crippen LogP contribution in [0.4, 0.5) is 10.5 Å². The van der Waals surface area contributed by atoms with Crippen molar-refractivity contribution in [3.8, 4) is 11.5 Å². The number of β-amino-alcohol motifs (C(OH)–C–C–N with tert-alkyl or cyclic N) is 1. The maximum absolute atomic E-state index is 13.1. The fourth-order valence-corrected chi connectivity index (χ4v) is 6.66. The number of likely N-dealkylation sites (tertiary alicyclic amines) is 1. The van der Waals surface area contributed by atoms with E-state index in [2.05, 4.69) is 15.8 Å². The van der Waals surface area contributed by atoms with Gasteiger partial charge in [-0.3, -0.25) is 0 Å². The highest BCUT2D eigenvalue weighted by Crippen LogP contribution is 2.34. The van der Waals surface area contributed by atoms with Gasteiger partial charge in [0, 0.05) is 20.3 Å². The summed E-state index contributed by atoms with van der Waals surface area (Å²) in [5, 5.41) is 20.9. The van der Waals surface area contributed by atoms with Crippen LogP contribution in [0.2, 0.25) is 0 Å². The first-order chi connectivity index (χ1) is 24.4. The van der Waals surface area contributed by atoms with Crippen LogP contribution in [0.3, 0.4) is 0 Å². The predicted octanol–water partition coefficient (Wildman–Crippen LogP) is 4.77. The van der Waals surface area contributed by atoms with E-state index >= 15 is 0 Å². The Morgan fingerprint density at radius 1 is 0.980 bits per heavy atom. The van der Waals surface area contributed by atoms with Crippen molar-refractivity contribution in [1.29, 1.82) is 0 Å². The second-order valence-electron chi connectivity index (χ2n) is 13.0. The summed E-state index contributed by atoms with van der Waals surface area (Å²) in [5.74, 6) is 1.69. The van der Waals surface area contributed by atoms with Crippen LogP contribution >= 0.6 is 0 Å². The monoisotopic (exact) mass is 701 g/mol. The lowest BCUT2D eigenvalue weighted by molar-refractivity contribution is -0.757. The number of carbonyl (C=O) groups excluding carboxylic acids is 1. The number of aliphatic hydroxyl groups is 1. The van der Waals surface area contributed by atoms with Gasteiger partial charge in [-0.2, -0.15) is 0 Å². The van der Waals surface area contributed by atoms with Gasteiger partial charge in [0.2, 0.25) is 0 Å². The van der Waals surface area contributed by atoms with Gasteiger partial charge in [0.15, 0.2) is 0 Å². The van der Waals surface area contributed by atoms with Gasteiger partial charge in [-0.05, 0) is 81.2 Å². The summed E-state index contributed by atoms with van der Waals surface area (Å²) in [6.45, 7) is 3.60. The van der Waals surface area contributed by atoms with Crippen LogP contribution in [-0.2, 0) is 30.4 Å². The standard InChI is InChI=1S/C36H51N3O11/c1-44-19-8-17-37-18-22-45-33-16-11-27(23-31(33)37)26-47-34-25-38(36(41)46-20-6-3-7-21-48-39(42)43)24-32(40)35(34)50-30-14-12-29(13-15-30)49-28-9-4-2-5-10-28/h2,4-5,9-11,16,23,29-30,32,34-35,40H,3,6-8,12-15,17-22,24-26H2,1H3. The molecule has 14 nitrogen and oxygen atoms in total. The number of ether oxygens (including phenoxy) is 6.